The number of amides is 2. The molecule has 0 aliphatic rings. The van der Waals surface area contributed by atoms with Crippen molar-refractivity contribution in [2.24, 2.45) is 0 Å². The van der Waals surface area contributed by atoms with Crippen LogP contribution in [0.15, 0.2) is 24.4 Å². The average Bonchev–Trinajstić information content (AvgIpc) is 2.87. The number of benzene rings is 1. The van der Waals surface area contributed by atoms with Crippen LogP contribution in [0.5, 0.6) is 0 Å². The first-order valence-electron chi connectivity index (χ1n) is 6.41. The summed E-state index contributed by atoms with van der Waals surface area (Å²) in [5, 5.41) is 5.39. The molecule has 0 saturated heterocycles. The molecule has 1 aromatic carbocycles. The Bertz CT molecular complexity index is 623. The van der Waals surface area contributed by atoms with Gasteiger partial charge in [0.15, 0.2) is 5.13 Å². The number of thiazole rings is 1. The second-order valence-corrected chi connectivity index (χ2v) is 5.79. The van der Waals surface area contributed by atoms with Gasteiger partial charge in [0, 0.05) is 16.6 Å². The molecule has 2 N–H and O–H groups in total. The largest absolute Gasteiger partial charge is 0.334 e. The molecule has 0 aliphatic carbocycles. The van der Waals surface area contributed by atoms with Gasteiger partial charge in [-0.3, -0.25) is 5.32 Å². The molecule has 0 bridgehead atoms. The Kier molecular flexibility index (Phi) is 4.85. The van der Waals surface area contributed by atoms with Crippen LogP contribution in [-0.4, -0.2) is 11.0 Å². The normalized spacial score (nSPS) is 10.7. The highest BCUT2D eigenvalue weighted by atomic mass is 32.1. The Labute approximate surface area is 125 Å². The first-order chi connectivity index (χ1) is 9.97. The first-order valence-corrected chi connectivity index (χ1v) is 7.22. The standard InChI is InChI=1S/C14H15F2N3OS/c1-8(2)12-7-18-14(21-12)19-13(20)17-6-9-10(15)4-3-5-11(9)16/h3-5,7-8H,6H2,1-2H3,(H2,17,18,19,20). The number of urea groups is 1. The van der Waals surface area contributed by atoms with E-state index in [2.05, 4.69) is 15.6 Å². The number of rotatable bonds is 4. The van der Waals surface area contributed by atoms with Crippen LogP contribution in [0.25, 0.3) is 0 Å². The zero-order valence-corrected chi connectivity index (χ0v) is 12.4. The van der Waals surface area contributed by atoms with Crippen LogP contribution in [0.4, 0.5) is 18.7 Å². The fourth-order valence-electron chi connectivity index (χ4n) is 1.62. The number of nitrogens with one attached hydrogen (secondary N) is 2. The van der Waals surface area contributed by atoms with Gasteiger partial charge in [0.05, 0.1) is 6.54 Å². The van der Waals surface area contributed by atoms with Gasteiger partial charge >= 0.3 is 6.03 Å². The number of hydrogen-bond acceptors (Lipinski definition) is 3. The second kappa shape index (κ2) is 6.62. The zero-order chi connectivity index (χ0) is 15.4. The number of carbonyl (C=O) groups excluding carboxylic acids is 1. The molecule has 0 spiro atoms. The van der Waals surface area contributed by atoms with Crippen LogP contribution in [-0.2, 0) is 6.54 Å². The predicted molar refractivity (Wildman–Crippen MR) is 78.4 cm³/mol. The minimum atomic E-state index is -0.688. The molecule has 2 rings (SSSR count). The Hall–Kier alpha value is -2.02. The molecular weight excluding hydrogens is 296 g/mol. The smallest absolute Gasteiger partial charge is 0.321 e. The van der Waals surface area contributed by atoms with Crippen LogP contribution in [0.3, 0.4) is 0 Å². The number of anilines is 1. The van der Waals surface area contributed by atoms with Crippen molar-refractivity contribution >= 4 is 22.5 Å². The van der Waals surface area contributed by atoms with Crippen molar-refractivity contribution in [3.63, 3.8) is 0 Å². The van der Waals surface area contributed by atoms with E-state index in [1.54, 1.807) is 6.20 Å². The summed E-state index contributed by atoms with van der Waals surface area (Å²) in [5.74, 6) is -1.05. The molecule has 0 radical (unpaired) electrons. The molecule has 1 heterocycles. The van der Waals surface area contributed by atoms with Crippen LogP contribution in [0.2, 0.25) is 0 Å². The van der Waals surface area contributed by atoms with Gasteiger partial charge in [-0.25, -0.2) is 18.6 Å². The highest BCUT2D eigenvalue weighted by Crippen LogP contribution is 2.24. The number of aromatic nitrogens is 1. The van der Waals surface area contributed by atoms with Crippen molar-refractivity contribution in [1.82, 2.24) is 10.3 Å². The molecule has 2 amide bonds. The molecule has 0 atom stereocenters. The lowest BCUT2D eigenvalue weighted by Crippen LogP contribution is -2.28. The number of nitrogens with zero attached hydrogens (tertiary/aromatic N) is 1. The third kappa shape index (κ3) is 3.98. The van der Waals surface area contributed by atoms with E-state index in [1.165, 1.54) is 17.4 Å². The van der Waals surface area contributed by atoms with Gasteiger partial charge in [-0.05, 0) is 18.1 Å². The highest BCUT2D eigenvalue weighted by Gasteiger charge is 2.11. The zero-order valence-electron chi connectivity index (χ0n) is 11.6. The molecule has 0 unspecified atom stereocenters. The van der Waals surface area contributed by atoms with E-state index < -0.39 is 17.7 Å². The Morgan fingerprint density at radius 2 is 2.00 bits per heavy atom. The highest BCUT2D eigenvalue weighted by molar-refractivity contribution is 7.15. The SMILES string of the molecule is CC(C)c1cnc(NC(=O)NCc2c(F)cccc2F)s1. The second-order valence-electron chi connectivity index (χ2n) is 4.73. The third-order valence-electron chi connectivity index (χ3n) is 2.80. The summed E-state index contributed by atoms with van der Waals surface area (Å²) in [4.78, 5) is 16.8. The fraction of sp³-hybridized carbons (Fsp3) is 0.286. The third-order valence-corrected chi connectivity index (χ3v) is 4.01. The lowest BCUT2D eigenvalue weighted by atomic mass is 10.2. The van der Waals surface area contributed by atoms with E-state index in [1.807, 2.05) is 13.8 Å². The van der Waals surface area contributed by atoms with Gasteiger partial charge in [0.25, 0.3) is 0 Å². The average molecular weight is 311 g/mol. The van der Waals surface area contributed by atoms with Crippen molar-refractivity contribution in [3.8, 4) is 0 Å². The molecule has 0 saturated carbocycles. The Morgan fingerprint density at radius 3 is 2.57 bits per heavy atom. The Morgan fingerprint density at radius 1 is 1.33 bits per heavy atom. The maximum atomic E-state index is 13.4. The summed E-state index contributed by atoms with van der Waals surface area (Å²) in [6, 6.07) is 3.01. The van der Waals surface area contributed by atoms with Crippen molar-refractivity contribution in [2.75, 3.05) is 5.32 Å². The van der Waals surface area contributed by atoms with Crippen LogP contribution >= 0.6 is 11.3 Å². The van der Waals surface area contributed by atoms with E-state index in [4.69, 9.17) is 0 Å². The monoisotopic (exact) mass is 311 g/mol. The molecule has 7 heteroatoms. The van der Waals surface area contributed by atoms with Gasteiger partial charge in [0.2, 0.25) is 0 Å². The summed E-state index contributed by atoms with van der Waals surface area (Å²) >= 11 is 1.37. The maximum absolute atomic E-state index is 13.4. The van der Waals surface area contributed by atoms with Gasteiger partial charge < -0.3 is 5.32 Å². The Balaban J connectivity index is 1.93. The van der Waals surface area contributed by atoms with Gasteiger partial charge in [-0.1, -0.05) is 19.9 Å². The van der Waals surface area contributed by atoms with E-state index in [9.17, 15) is 13.6 Å². The maximum Gasteiger partial charge on any atom is 0.321 e. The molecular formula is C14H15F2N3OS. The van der Waals surface area contributed by atoms with Crippen LogP contribution in [0, 0.1) is 11.6 Å². The van der Waals surface area contributed by atoms with Crippen molar-refractivity contribution < 1.29 is 13.6 Å². The van der Waals surface area contributed by atoms with E-state index in [0.717, 1.165) is 17.0 Å². The molecule has 21 heavy (non-hydrogen) atoms. The lowest BCUT2D eigenvalue weighted by Gasteiger charge is -2.07. The molecule has 2 aromatic rings. The van der Waals surface area contributed by atoms with Gasteiger partial charge in [-0.2, -0.15) is 0 Å². The van der Waals surface area contributed by atoms with Crippen LogP contribution in [0.1, 0.15) is 30.2 Å². The quantitative estimate of drug-likeness (QED) is 0.900. The van der Waals surface area contributed by atoms with Crippen LogP contribution < -0.4 is 10.6 Å². The van der Waals surface area contributed by atoms with E-state index in [0.29, 0.717) is 11.0 Å². The predicted octanol–water partition coefficient (Wildman–Crippen LogP) is 3.87. The van der Waals surface area contributed by atoms with E-state index >= 15 is 0 Å². The lowest BCUT2D eigenvalue weighted by molar-refractivity contribution is 0.251. The minimum absolute atomic E-state index is 0.172. The molecule has 112 valence electrons. The van der Waals surface area contributed by atoms with Crippen molar-refractivity contribution in [3.05, 3.63) is 46.5 Å². The molecule has 0 aliphatic heterocycles. The van der Waals surface area contributed by atoms with Crippen molar-refractivity contribution in [2.45, 2.75) is 26.3 Å². The molecule has 4 nitrogen and oxygen atoms in total. The summed E-state index contributed by atoms with van der Waals surface area (Å²) in [6.07, 6.45) is 1.70. The van der Waals surface area contributed by atoms with Crippen molar-refractivity contribution in [1.29, 1.82) is 0 Å². The number of hydrogen-bond donors (Lipinski definition) is 2. The number of carbonyl (C=O) groups is 1. The first kappa shape index (κ1) is 15.4. The summed E-state index contributed by atoms with van der Waals surface area (Å²) in [6.45, 7) is 3.82. The molecule has 0 fully saturated rings. The topological polar surface area (TPSA) is 54.0 Å². The fourth-order valence-corrected chi connectivity index (χ4v) is 2.44. The summed E-state index contributed by atoms with van der Waals surface area (Å²) < 4.78 is 26.8. The van der Waals surface area contributed by atoms with Gasteiger partial charge in [-0.15, -0.1) is 11.3 Å². The summed E-state index contributed by atoms with van der Waals surface area (Å²) in [5.41, 5.74) is -0.172. The molecule has 1 aromatic heterocycles. The minimum Gasteiger partial charge on any atom is -0.334 e. The number of halogens is 2. The van der Waals surface area contributed by atoms with Gasteiger partial charge in [0.1, 0.15) is 11.6 Å². The summed E-state index contributed by atoms with van der Waals surface area (Å²) in [7, 11) is 0. The van der Waals surface area contributed by atoms with E-state index in [-0.39, 0.29) is 12.1 Å².